The van der Waals surface area contributed by atoms with E-state index in [1.165, 1.54) is 44.9 Å². The molecule has 0 unspecified atom stereocenters. The van der Waals surface area contributed by atoms with Gasteiger partial charge in [0.25, 0.3) is 0 Å². The van der Waals surface area contributed by atoms with Gasteiger partial charge in [-0.15, -0.1) is 0 Å². The van der Waals surface area contributed by atoms with Crippen molar-refractivity contribution in [1.82, 2.24) is 0 Å². The second-order valence-electron chi connectivity index (χ2n) is 3.69. The first-order valence-electron chi connectivity index (χ1n) is 5.02. The predicted octanol–water partition coefficient (Wildman–Crippen LogP) is 4.07. The van der Waals surface area contributed by atoms with Gasteiger partial charge in [0.1, 0.15) is 0 Å². The van der Waals surface area contributed by atoms with Crippen LogP contribution in [0.5, 0.6) is 0 Å². The molecule has 0 aromatic heterocycles. The fourth-order valence-electron chi connectivity index (χ4n) is 1.85. The Balaban J connectivity index is 2.35. The van der Waals surface area contributed by atoms with Gasteiger partial charge in [-0.25, -0.2) is 0 Å². The van der Waals surface area contributed by atoms with E-state index in [0.717, 1.165) is 0 Å². The molecule has 64 valence electrons. The van der Waals surface area contributed by atoms with Crippen molar-refractivity contribution in [1.29, 1.82) is 0 Å². The van der Waals surface area contributed by atoms with Crippen molar-refractivity contribution >= 4 is 0 Å². The van der Waals surface area contributed by atoms with Crippen LogP contribution >= 0.6 is 0 Å². The van der Waals surface area contributed by atoms with Gasteiger partial charge in [-0.05, 0) is 45.4 Å². The minimum absolute atomic E-state index is 1.34. The van der Waals surface area contributed by atoms with Crippen molar-refractivity contribution in [3.8, 4) is 0 Å². The molecule has 0 radical (unpaired) electrons. The fraction of sp³-hybridized carbons (Fsp3) is 0.818. The number of hydrogen-bond donors (Lipinski definition) is 0. The topological polar surface area (TPSA) is 0 Å². The molecule has 0 nitrogen and oxygen atoms in total. The van der Waals surface area contributed by atoms with E-state index in [4.69, 9.17) is 0 Å². The summed E-state index contributed by atoms with van der Waals surface area (Å²) in [6.07, 6.45) is 9.76. The largest absolute Gasteiger partial charge is 0.0741 e. The zero-order valence-electron chi connectivity index (χ0n) is 7.95. The summed E-state index contributed by atoms with van der Waals surface area (Å²) in [4.78, 5) is 0. The van der Waals surface area contributed by atoms with E-state index in [9.17, 15) is 0 Å². The maximum Gasteiger partial charge on any atom is -0.0318 e. The maximum atomic E-state index is 2.33. The summed E-state index contributed by atoms with van der Waals surface area (Å²) in [6.45, 7) is 4.60. The zero-order valence-corrected chi connectivity index (χ0v) is 7.95. The number of rotatable bonds is 3. The van der Waals surface area contributed by atoms with Gasteiger partial charge in [0.2, 0.25) is 0 Å². The van der Waals surface area contributed by atoms with E-state index in [-0.39, 0.29) is 0 Å². The van der Waals surface area contributed by atoms with Crippen LogP contribution in [-0.2, 0) is 0 Å². The molecule has 1 aliphatic rings. The first kappa shape index (κ1) is 8.83. The van der Waals surface area contributed by atoms with Crippen molar-refractivity contribution < 1.29 is 0 Å². The molecule has 0 aromatic rings. The lowest BCUT2D eigenvalue weighted by atomic mass is 10.0. The van der Waals surface area contributed by atoms with Crippen LogP contribution in [0.3, 0.4) is 0 Å². The van der Waals surface area contributed by atoms with Crippen molar-refractivity contribution in [3.05, 3.63) is 11.1 Å². The molecule has 11 heavy (non-hydrogen) atoms. The molecule has 0 heteroatoms. The van der Waals surface area contributed by atoms with Crippen LogP contribution in [0.2, 0.25) is 0 Å². The summed E-state index contributed by atoms with van der Waals surface area (Å²) >= 11 is 0. The molecule has 0 spiro atoms. The third-order valence-electron chi connectivity index (χ3n) is 2.72. The summed E-state index contributed by atoms with van der Waals surface area (Å²) in [6, 6.07) is 0. The van der Waals surface area contributed by atoms with Crippen LogP contribution in [-0.4, -0.2) is 0 Å². The van der Waals surface area contributed by atoms with Gasteiger partial charge in [0, 0.05) is 0 Å². The normalized spacial score (nSPS) is 17.5. The summed E-state index contributed by atoms with van der Waals surface area (Å²) in [5.74, 6) is 0. The van der Waals surface area contributed by atoms with E-state index in [1.807, 2.05) is 0 Å². The lowest BCUT2D eigenvalue weighted by molar-refractivity contribution is 0.775. The fourth-order valence-corrected chi connectivity index (χ4v) is 1.85. The Morgan fingerprint density at radius 2 is 1.91 bits per heavy atom. The monoisotopic (exact) mass is 152 g/mol. The third-order valence-corrected chi connectivity index (χ3v) is 2.72. The second-order valence-corrected chi connectivity index (χ2v) is 3.69. The Labute approximate surface area is 70.7 Å². The molecule has 0 aliphatic heterocycles. The average Bonchev–Trinajstić information content (AvgIpc) is 2.52. The summed E-state index contributed by atoms with van der Waals surface area (Å²) in [5.41, 5.74) is 3.47. The van der Waals surface area contributed by atoms with Crippen LogP contribution in [0, 0.1) is 0 Å². The Kier molecular flexibility index (Phi) is 3.68. The minimum Gasteiger partial charge on any atom is -0.0741 e. The highest BCUT2D eigenvalue weighted by Gasteiger charge is 2.08. The van der Waals surface area contributed by atoms with Gasteiger partial charge in [0.05, 0.1) is 0 Å². The molecule has 0 amide bonds. The highest BCUT2D eigenvalue weighted by atomic mass is 14.1. The minimum atomic E-state index is 1.34. The van der Waals surface area contributed by atoms with Gasteiger partial charge in [-0.2, -0.15) is 0 Å². The number of hydrogen-bond acceptors (Lipinski definition) is 0. The lowest BCUT2D eigenvalue weighted by Crippen LogP contribution is -1.83. The maximum absolute atomic E-state index is 2.33. The number of unbranched alkanes of at least 4 members (excludes halogenated alkanes) is 1. The van der Waals surface area contributed by atoms with E-state index in [0.29, 0.717) is 0 Å². The van der Waals surface area contributed by atoms with E-state index in [2.05, 4.69) is 13.8 Å². The first-order chi connectivity index (χ1) is 5.34. The second kappa shape index (κ2) is 4.58. The first-order valence-corrected chi connectivity index (χ1v) is 5.02. The Hall–Kier alpha value is -0.260. The SMILES string of the molecule is CCCCC(C)=C1CCCC1. The Morgan fingerprint density at radius 1 is 1.27 bits per heavy atom. The molecule has 0 atom stereocenters. The van der Waals surface area contributed by atoms with Crippen molar-refractivity contribution in [2.45, 2.75) is 58.8 Å². The highest BCUT2D eigenvalue weighted by Crippen LogP contribution is 2.28. The smallest absolute Gasteiger partial charge is 0.0318 e. The van der Waals surface area contributed by atoms with Gasteiger partial charge in [-0.3, -0.25) is 0 Å². The van der Waals surface area contributed by atoms with Crippen molar-refractivity contribution in [2.75, 3.05) is 0 Å². The summed E-state index contributed by atoms with van der Waals surface area (Å²) < 4.78 is 0. The average molecular weight is 152 g/mol. The molecular formula is C11H20. The molecule has 0 heterocycles. The van der Waals surface area contributed by atoms with Gasteiger partial charge < -0.3 is 0 Å². The van der Waals surface area contributed by atoms with Gasteiger partial charge >= 0.3 is 0 Å². The van der Waals surface area contributed by atoms with Crippen molar-refractivity contribution in [2.24, 2.45) is 0 Å². The summed E-state index contributed by atoms with van der Waals surface area (Å²) in [7, 11) is 0. The molecule has 0 N–H and O–H groups in total. The molecule has 0 saturated heterocycles. The molecular weight excluding hydrogens is 132 g/mol. The zero-order chi connectivity index (χ0) is 8.10. The van der Waals surface area contributed by atoms with Gasteiger partial charge in [-0.1, -0.05) is 24.5 Å². The molecule has 0 bridgehead atoms. The van der Waals surface area contributed by atoms with E-state index >= 15 is 0 Å². The quantitative estimate of drug-likeness (QED) is 0.535. The molecule has 1 fully saturated rings. The van der Waals surface area contributed by atoms with Crippen LogP contribution in [0.25, 0.3) is 0 Å². The molecule has 1 saturated carbocycles. The molecule has 1 rings (SSSR count). The molecule has 1 aliphatic carbocycles. The van der Waals surface area contributed by atoms with Crippen LogP contribution in [0.1, 0.15) is 58.8 Å². The van der Waals surface area contributed by atoms with Crippen molar-refractivity contribution in [3.63, 3.8) is 0 Å². The number of allylic oxidation sites excluding steroid dienone is 2. The standard InChI is InChI=1S/C11H20/c1-3-4-7-10(2)11-8-5-6-9-11/h3-9H2,1-2H3. The summed E-state index contributed by atoms with van der Waals surface area (Å²) in [5, 5.41) is 0. The molecule has 0 aromatic carbocycles. The van der Waals surface area contributed by atoms with Crippen LogP contribution < -0.4 is 0 Å². The lowest BCUT2D eigenvalue weighted by Gasteiger charge is -2.03. The van der Waals surface area contributed by atoms with Crippen LogP contribution in [0.15, 0.2) is 11.1 Å². The predicted molar refractivity (Wildman–Crippen MR) is 50.7 cm³/mol. The third kappa shape index (κ3) is 2.69. The highest BCUT2D eigenvalue weighted by molar-refractivity contribution is 5.14. The van der Waals surface area contributed by atoms with E-state index < -0.39 is 0 Å². The van der Waals surface area contributed by atoms with Crippen LogP contribution in [0.4, 0.5) is 0 Å². The van der Waals surface area contributed by atoms with Gasteiger partial charge in [0.15, 0.2) is 0 Å². The Morgan fingerprint density at radius 3 is 2.45 bits per heavy atom. The Bertz CT molecular complexity index is 134. The van der Waals surface area contributed by atoms with E-state index in [1.54, 1.807) is 11.1 Å².